The molecule has 144 valence electrons. The first-order valence-electron chi connectivity index (χ1n) is 8.22. The molecule has 0 spiro atoms. The molecule has 1 aliphatic heterocycles. The van der Waals surface area contributed by atoms with E-state index >= 15 is 0 Å². The Kier molecular flexibility index (Phi) is 10.4. The molecule has 1 aliphatic rings. The average molecular weight is 486 g/mol. The number of guanidine groups is 1. The van der Waals surface area contributed by atoms with Gasteiger partial charge in [0.25, 0.3) is 0 Å². The average Bonchev–Trinajstić information content (AvgIpc) is 3.09. The first kappa shape index (κ1) is 22.2. The van der Waals surface area contributed by atoms with Gasteiger partial charge in [-0.15, -0.1) is 24.0 Å². The van der Waals surface area contributed by atoms with Crippen molar-refractivity contribution in [3.05, 3.63) is 24.2 Å². The number of rotatable bonds is 8. The maximum atomic E-state index is 12.2. The molecule has 1 saturated heterocycles. The van der Waals surface area contributed by atoms with Crippen molar-refractivity contribution in [2.45, 2.75) is 13.3 Å². The van der Waals surface area contributed by atoms with Crippen LogP contribution in [-0.4, -0.2) is 70.4 Å². The minimum atomic E-state index is -3.27. The highest BCUT2D eigenvalue weighted by Gasteiger charge is 2.23. The highest BCUT2D eigenvalue weighted by atomic mass is 127. The number of halogens is 1. The molecule has 2 rings (SSSR count). The fourth-order valence-corrected chi connectivity index (χ4v) is 3.61. The van der Waals surface area contributed by atoms with Gasteiger partial charge in [0.15, 0.2) is 5.96 Å². The molecule has 0 aliphatic carbocycles. The van der Waals surface area contributed by atoms with Crippen molar-refractivity contribution >= 4 is 40.0 Å². The van der Waals surface area contributed by atoms with Crippen LogP contribution in [0.5, 0.6) is 0 Å². The number of morpholine rings is 1. The highest BCUT2D eigenvalue weighted by molar-refractivity contribution is 14.0. The first-order valence-corrected chi connectivity index (χ1v) is 9.83. The molecule has 1 aromatic heterocycles. The number of furan rings is 1. The van der Waals surface area contributed by atoms with Gasteiger partial charge in [-0.25, -0.2) is 8.42 Å². The van der Waals surface area contributed by atoms with Crippen LogP contribution in [0.2, 0.25) is 0 Å². The van der Waals surface area contributed by atoms with Gasteiger partial charge in [0.1, 0.15) is 5.76 Å². The predicted octanol–water partition coefficient (Wildman–Crippen LogP) is 0.657. The molecule has 0 radical (unpaired) electrons. The minimum absolute atomic E-state index is 0. The maximum Gasteiger partial charge on any atom is 0.216 e. The third kappa shape index (κ3) is 7.92. The number of ether oxygens (including phenoxy) is 1. The molecule has 2 heterocycles. The van der Waals surface area contributed by atoms with E-state index in [1.54, 1.807) is 6.26 Å². The SMILES string of the molecule is CCNC(=NCCS(=O)(=O)N1CCOCC1)NCCc1ccco1.I. The Bertz CT molecular complexity index is 601. The van der Waals surface area contributed by atoms with E-state index in [-0.39, 0.29) is 36.3 Å². The largest absolute Gasteiger partial charge is 0.469 e. The summed E-state index contributed by atoms with van der Waals surface area (Å²) < 4.78 is 36.4. The molecular weight excluding hydrogens is 459 g/mol. The second-order valence-electron chi connectivity index (χ2n) is 5.34. The van der Waals surface area contributed by atoms with E-state index in [1.807, 2.05) is 19.1 Å². The van der Waals surface area contributed by atoms with Crippen molar-refractivity contribution in [1.82, 2.24) is 14.9 Å². The Hall–Kier alpha value is -0.850. The van der Waals surface area contributed by atoms with Gasteiger partial charge < -0.3 is 19.8 Å². The molecular formula is C15H27IN4O4S. The van der Waals surface area contributed by atoms with Crippen LogP contribution < -0.4 is 10.6 Å². The topological polar surface area (TPSA) is 96.2 Å². The second-order valence-corrected chi connectivity index (χ2v) is 7.43. The van der Waals surface area contributed by atoms with Gasteiger partial charge in [-0.2, -0.15) is 4.31 Å². The lowest BCUT2D eigenvalue weighted by molar-refractivity contribution is 0.0731. The number of sulfonamides is 1. The third-order valence-corrected chi connectivity index (χ3v) is 5.42. The van der Waals surface area contributed by atoms with Crippen LogP contribution in [0.1, 0.15) is 12.7 Å². The molecule has 0 aromatic carbocycles. The zero-order chi connectivity index (χ0) is 17.3. The molecule has 0 unspecified atom stereocenters. The van der Waals surface area contributed by atoms with E-state index < -0.39 is 10.0 Å². The van der Waals surface area contributed by atoms with Crippen molar-refractivity contribution in [2.24, 2.45) is 4.99 Å². The van der Waals surface area contributed by atoms with Gasteiger partial charge in [0, 0.05) is 32.6 Å². The van der Waals surface area contributed by atoms with E-state index in [1.165, 1.54) is 4.31 Å². The Morgan fingerprint density at radius 1 is 1.32 bits per heavy atom. The van der Waals surface area contributed by atoms with Gasteiger partial charge in [0.05, 0.1) is 31.8 Å². The Morgan fingerprint density at radius 2 is 2.08 bits per heavy atom. The number of aliphatic imine (C=N–C) groups is 1. The summed E-state index contributed by atoms with van der Waals surface area (Å²) in [5.41, 5.74) is 0. The smallest absolute Gasteiger partial charge is 0.216 e. The van der Waals surface area contributed by atoms with Gasteiger partial charge in [-0.05, 0) is 19.1 Å². The lowest BCUT2D eigenvalue weighted by atomic mass is 10.3. The lowest BCUT2D eigenvalue weighted by Crippen LogP contribution is -2.42. The third-order valence-electron chi connectivity index (χ3n) is 3.57. The van der Waals surface area contributed by atoms with Crippen LogP contribution in [0.4, 0.5) is 0 Å². The van der Waals surface area contributed by atoms with E-state index in [4.69, 9.17) is 9.15 Å². The molecule has 1 fully saturated rings. The predicted molar refractivity (Wildman–Crippen MR) is 108 cm³/mol. The van der Waals surface area contributed by atoms with Crippen LogP contribution in [0.25, 0.3) is 0 Å². The Balaban J connectivity index is 0.00000312. The van der Waals surface area contributed by atoms with Gasteiger partial charge in [0.2, 0.25) is 10.0 Å². The molecule has 0 amide bonds. The van der Waals surface area contributed by atoms with Crippen molar-refractivity contribution < 1.29 is 17.6 Å². The van der Waals surface area contributed by atoms with Gasteiger partial charge in [-0.3, -0.25) is 4.99 Å². The summed E-state index contributed by atoms with van der Waals surface area (Å²) in [7, 11) is -3.27. The van der Waals surface area contributed by atoms with Crippen molar-refractivity contribution in [2.75, 3.05) is 51.7 Å². The number of hydrogen-bond acceptors (Lipinski definition) is 5. The molecule has 2 N–H and O–H groups in total. The second kappa shape index (κ2) is 11.7. The number of nitrogens with one attached hydrogen (secondary N) is 2. The quantitative estimate of drug-likeness (QED) is 0.319. The fourth-order valence-electron chi connectivity index (χ4n) is 2.33. The van der Waals surface area contributed by atoms with E-state index in [0.29, 0.717) is 45.4 Å². The first-order chi connectivity index (χ1) is 11.6. The van der Waals surface area contributed by atoms with Crippen LogP contribution in [0, 0.1) is 0 Å². The summed E-state index contributed by atoms with van der Waals surface area (Å²) in [6.07, 6.45) is 2.38. The normalized spacial score (nSPS) is 16.3. The molecule has 25 heavy (non-hydrogen) atoms. The zero-order valence-corrected chi connectivity index (χ0v) is 17.6. The Morgan fingerprint density at radius 3 is 2.72 bits per heavy atom. The molecule has 0 bridgehead atoms. The fraction of sp³-hybridized carbons (Fsp3) is 0.667. The monoisotopic (exact) mass is 486 g/mol. The van der Waals surface area contributed by atoms with Gasteiger partial charge in [-0.1, -0.05) is 0 Å². The van der Waals surface area contributed by atoms with Crippen LogP contribution in [0.15, 0.2) is 27.8 Å². The molecule has 0 atom stereocenters. The summed E-state index contributed by atoms with van der Waals surface area (Å²) in [5.74, 6) is 1.51. The zero-order valence-electron chi connectivity index (χ0n) is 14.4. The minimum Gasteiger partial charge on any atom is -0.469 e. The van der Waals surface area contributed by atoms with E-state index in [9.17, 15) is 8.42 Å². The molecule has 10 heteroatoms. The maximum absolute atomic E-state index is 12.2. The molecule has 0 saturated carbocycles. The number of nitrogens with zero attached hydrogens (tertiary/aromatic N) is 2. The summed E-state index contributed by atoms with van der Waals surface area (Å²) in [4.78, 5) is 4.34. The van der Waals surface area contributed by atoms with Crippen LogP contribution >= 0.6 is 24.0 Å². The molecule has 8 nitrogen and oxygen atoms in total. The summed E-state index contributed by atoms with van der Waals surface area (Å²) in [5, 5.41) is 6.28. The van der Waals surface area contributed by atoms with Crippen LogP contribution in [0.3, 0.4) is 0 Å². The standard InChI is InChI=1S/C15H26N4O4S.HI/c1-2-16-15(17-6-5-14-4-3-10-23-14)18-7-13-24(20,21)19-8-11-22-12-9-19;/h3-4,10H,2,5-9,11-13H2,1H3,(H2,16,17,18);1H. The number of hydrogen-bond donors (Lipinski definition) is 2. The van der Waals surface area contributed by atoms with E-state index in [0.717, 1.165) is 12.2 Å². The Labute approximate surface area is 166 Å². The van der Waals surface area contributed by atoms with Gasteiger partial charge >= 0.3 is 0 Å². The lowest BCUT2D eigenvalue weighted by Gasteiger charge is -2.25. The molecule has 1 aromatic rings. The summed E-state index contributed by atoms with van der Waals surface area (Å²) >= 11 is 0. The van der Waals surface area contributed by atoms with Crippen molar-refractivity contribution in [3.8, 4) is 0 Å². The van der Waals surface area contributed by atoms with E-state index in [2.05, 4.69) is 15.6 Å². The highest BCUT2D eigenvalue weighted by Crippen LogP contribution is 2.05. The van der Waals surface area contributed by atoms with Crippen molar-refractivity contribution in [1.29, 1.82) is 0 Å². The van der Waals surface area contributed by atoms with Crippen molar-refractivity contribution in [3.63, 3.8) is 0 Å². The van der Waals surface area contributed by atoms with Crippen LogP contribution in [-0.2, 0) is 21.2 Å². The summed E-state index contributed by atoms with van der Waals surface area (Å²) in [6, 6.07) is 3.77. The summed E-state index contributed by atoms with van der Waals surface area (Å²) in [6.45, 7) is 5.32.